The fourth-order valence-electron chi connectivity index (χ4n) is 2.42. The minimum Gasteiger partial charge on any atom is -0.474 e. The molecule has 1 aliphatic rings. The average molecular weight is 285 g/mol. The number of nitrogen functional groups attached to an aromatic ring is 2. The molecule has 1 saturated heterocycles. The van der Waals surface area contributed by atoms with E-state index >= 15 is 0 Å². The smallest absolute Gasteiger partial charge is 0.213 e. The van der Waals surface area contributed by atoms with Gasteiger partial charge >= 0.3 is 0 Å². The third-order valence-corrected chi connectivity index (χ3v) is 3.58. The van der Waals surface area contributed by atoms with Gasteiger partial charge in [-0.25, -0.2) is 9.97 Å². The van der Waals surface area contributed by atoms with Crippen LogP contribution < -0.4 is 21.1 Å². The Kier molecular flexibility index (Phi) is 3.77. The SMILES string of the molecule is Nc1ccc(OC2CCN(c3ccc(N)cn3)CC2)nc1. The monoisotopic (exact) mass is 285 g/mol. The first-order chi connectivity index (χ1) is 10.2. The van der Waals surface area contributed by atoms with Gasteiger partial charge in [-0.2, -0.15) is 0 Å². The zero-order chi connectivity index (χ0) is 14.7. The van der Waals surface area contributed by atoms with Crippen molar-refractivity contribution in [1.82, 2.24) is 9.97 Å². The van der Waals surface area contributed by atoms with E-state index in [2.05, 4.69) is 14.9 Å². The number of nitrogens with two attached hydrogens (primary N) is 2. The predicted octanol–water partition coefficient (Wildman–Crippen LogP) is 1.69. The molecule has 0 unspecified atom stereocenters. The Bertz CT molecular complexity index is 576. The van der Waals surface area contributed by atoms with Gasteiger partial charge in [-0.15, -0.1) is 0 Å². The Morgan fingerprint density at radius 1 is 0.952 bits per heavy atom. The van der Waals surface area contributed by atoms with Crippen molar-refractivity contribution in [3.63, 3.8) is 0 Å². The first-order valence-electron chi connectivity index (χ1n) is 7.05. The van der Waals surface area contributed by atoms with Gasteiger partial charge in [0.05, 0.1) is 23.8 Å². The summed E-state index contributed by atoms with van der Waals surface area (Å²) in [5.74, 6) is 1.60. The van der Waals surface area contributed by atoms with Gasteiger partial charge in [0, 0.05) is 32.0 Å². The number of piperidine rings is 1. The van der Waals surface area contributed by atoms with E-state index in [0.29, 0.717) is 17.3 Å². The maximum absolute atomic E-state index is 5.88. The second-order valence-corrected chi connectivity index (χ2v) is 5.18. The summed E-state index contributed by atoms with van der Waals surface area (Å²) in [6, 6.07) is 7.44. The van der Waals surface area contributed by atoms with Crippen LogP contribution in [0.15, 0.2) is 36.7 Å². The topological polar surface area (TPSA) is 90.3 Å². The second kappa shape index (κ2) is 5.87. The van der Waals surface area contributed by atoms with E-state index in [1.807, 2.05) is 18.2 Å². The molecular formula is C15H19N5O. The zero-order valence-electron chi connectivity index (χ0n) is 11.8. The molecule has 1 fully saturated rings. The van der Waals surface area contributed by atoms with Gasteiger partial charge in [-0.1, -0.05) is 0 Å². The number of hydrogen-bond donors (Lipinski definition) is 2. The molecule has 3 rings (SSSR count). The molecule has 1 aliphatic heterocycles. The van der Waals surface area contributed by atoms with Crippen molar-refractivity contribution in [2.24, 2.45) is 0 Å². The standard InChI is InChI=1S/C15H19N5O/c16-11-1-3-14(18-9-11)20-7-5-13(6-8-20)21-15-4-2-12(17)10-19-15/h1-4,9-10,13H,5-8,16-17H2. The summed E-state index contributed by atoms with van der Waals surface area (Å²) in [5.41, 5.74) is 12.6. The van der Waals surface area contributed by atoms with Gasteiger partial charge in [0.1, 0.15) is 11.9 Å². The number of pyridine rings is 2. The zero-order valence-corrected chi connectivity index (χ0v) is 11.8. The molecule has 21 heavy (non-hydrogen) atoms. The van der Waals surface area contributed by atoms with Crippen molar-refractivity contribution >= 4 is 17.2 Å². The van der Waals surface area contributed by atoms with E-state index in [1.165, 1.54) is 0 Å². The molecule has 2 aromatic heterocycles. The molecule has 4 N–H and O–H groups in total. The lowest BCUT2D eigenvalue weighted by molar-refractivity contribution is 0.164. The normalized spacial score (nSPS) is 15.9. The highest BCUT2D eigenvalue weighted by molar-refractivity contribution is 5.46. The van der Waals surface area contributed by atoms with Crippen LogP contribution in [0.2, 0.25) is 0 Å². The summed E-state index contributed by atoms with van der Waals surface area (Å²) in [4.78, 5) is 10.8. The van der Waals surface area contributed by atoms with E-state index in [-0.39, 0.29) is 6.10 Å². The molecule has 3 heterocycles. The molecule has 0 spiro atoms. The molecule has 0 radical (unpaired) electrons. The second-order valence-electron chi connectivity index (χ2n) is 5.18. The lowest BCUT2D eigenvalue weighted by Crippen LogP contribution is -2.38. The highest BCUT2D eigenvalue weighted by atomic mass is 16.5. The third-order valence-electron chi connectivity index (χ3n) is 3.58. The van der Waals surface area contributed by atoms with Gasteiger partial charge < -0.3 is 21.1 Å². The van der Waals surface area contributed by atoms with E-state index in [0.717, 1.165) is 31.7 Å². The summed E-state index contributed by atoms with van der Waals surface area (Å²) >= 11 is 0. The molecule has 6 heteroatoms. The highest BCUT2D eigenvalue weighted by Crippen LogP contribution is 2.21. The van der Waals surface area contributed by atoms with Crippen LogP contribution in [0.4, 0.5) is 17.2 Å². The fraction of sp³-hybridized carbons (Fsp3) is 0.333. The number of hydrogen-bond acceptors (Lipinski definition) is 6. The summed E-state index contributed by atoms with van der Waals surface area (Å²) < 4.78 is 5.88. The molecular weight excluding hydrogens is 266 g/mol. The number of rotatable bonds is 3. The summed E-state index contributed by atoms with van der Waals surface area (Å²) in [6.07, 6.45) is 5.38. The summed E-state index contributed by atoms with van der Waals surface area (Å²) in [5, 5.41) is 0. The van der Waals surface area contributed by atoms with Crippen LogP contribution in [0.25, 0.3) is 0 Å². The molecule has 0 aromatic carbocycles. The Morgan fingerprint density at radius 2 is 1.62 bits per heavy atom. The number of nitrogens with zero attached hydrogens (tertiary/aromatic N) is 3. The van der Waals surface area contributed by atoms with Crippen molar-refractivity contribution in [1.29, 1.82) is 0 Å². The van der Waals surface area contributed by atoms with E-state index in [1.54, 1.807) is 18.5 Å². The van der Waals surface area contributed by atoms with E-state index in [4.69, 9.17) is 16.2 Å². The Labute approximate surface area is 123 Å². The molecule has 6 nitrogen and oxygen atoms in total. The van der Waals surface area contributed by atoms with Gasteiger partial charge in [0.2, 0.25) is 5.88 Å². The van der Waals surface area contributed by atoms with Gasteiger partial charge in [0.25, 0.3) is 0 Å². The minimum atomic E-state index is 0.186. The molecule has 0 aliphatic carbocycles. The van der Waals surface area contributed by atoms with Crippen LogP contribution in [0, 0.1) is 0 Å². The first-order valence-corrected chi connectivity index (χ1v) is 7.05. The quantitative estimate of drug-likeness (QED) is 0.892. The van der Waals surface area contributed by atoms with Crippen LogP contribution in [-0.2, 0) is 0 Å². The summed E-state index contributed by atoms with van der Waals surface area (Å²) in [6.45, 7) is 1.83. The van der Waals surface area contributed by atoms with Crippen molar-refractivity contribution in [2.45, 2.75) is 18.9 Å². The Hall–Kier alpha value is -2.50. The van der Waals surface area contributed by atoms with Gasteiger partial charge in [0.15, 0.2) is 0 Å². The largest absolute Gasteiger partial charge is 0.474 e. The van der Waals surface area contributed by atoms with Crippen molar-refractivity contribution in [3.05, 3.63) is 36.7 Å². The van der Waals surface area contributed by atoms with Gasteiger partial charge in [-0.05, 0) is 18.2 Å². The van der Waals surface area contributed by atoms with Crippen LogP contribution in [0.1, 0.15) is 12.8 Å². The average Bonchev–Trinajstić information content (AvgIpc) is 2.51. The van der Waals surface area contributed by atoms with Crippen molar-refractivity contribution in [3.8, 4) is 5.88 Å². The Balaban J connectivity index is 1.55. The van der Waals surface area contributed by atoms with Crippen LogP contribution >= 0.6 is 0 Å². The first kappa shape index (κ1) is 13.5. The molecule has 0 bridgehead atoms. The number of anilines is 3. The third kappa shape index (κ3) is 3.34. The maximum Gasteiger partial charge on any atom is 0.213 e. The molecule has 2 aromatic rings. The fourth-order valence-corrected chi connectivity index (χ4v) is 2.42. The van der Waals surface area contributed by atoms with Crippen molar-refractivity contribution < 1.29 is 4.74 Å². The van der Waals surface area contributed by atoms with Crippen LogP contribution in [0.5, 0.6) is 5.88 Å². The molecule has 0 atom stereocenters. The lowest BCUT2D eigenvalue weighted by Gasteiger charge is -2.32. The van der Waals surface area contributed by atoms with Crippen LogP contribution in [0.3, 0.4) is 0 Å². The van der Waals surface area contributed by atoms with E-state index in [9.17, 15) is 0 Å². The van der Waals surface area contributed by atoms with Gasteiger partial charge in [-0.3, -0.25) is 0 Å². The van der Waals surface area contributed by atoms with Crippen LogP contribution in [-0.4, -0.2) is 29.2 Å². The summed E-state index contributed by atoms with van der Waals surface area (Å²) in [7, 11) is 0. The van der Waals surface area contributed by atoms with Crippen molar-refractivity contribution in [2.75, 3.05) is 29.5 Å². The predicted molar refractivity (Wildman–Crippen MR) is 83.2 cm³/mol. The van der Waals surface area contributed by atoms with E-state index < -0.39 is 0 Å². The maximum atomic E-state index is 5.88. The number of aromatic nitrogens is 2. The molecule has 0 saturated carbocycles. The minimum absolute atomic E-state index is 0.186. The Morgan fingerprint density at radius 3 is 2.19 bits per heavy atom. The highest BCUT2D eigenvalue weighted by Gasteiger charge is 2.21. The number of ether oxygens (including phenoxy) is 1. The molecule has 0 amide bonds. The lowest BCUT2D eigenvalue weighted by atomic mass is 10.1. The molecule has 110 valence electrons.